The van der Waals surface area contributed by atoms with Gasteiger partial charge in [0.05, 0.1) is 39.6 Å². The zero-order valence-electron chi connectivity index (χ0n) is 24.0. The van der Waals surface area contributed by atoms with Crippen molar-refractivity contribution in [1.29, 1.82) is 0 Å². The fourth-order valence-corrected chi connectivity index (χ4v) is 4.30. The molecular formula is C24H53MgN11O3S-4. The molecular weight excluding hydrogens is 547 g/mol. The summed E-state index contributed by atoms with van der Waals surface area (Å²) >= 11 is 5.62. The van der Waals surface area contributed by atoms with E-state index in [1.54, 1.807) is 0 Å². The fraction of sp³-hybridized carbons (Fsp3) is 0.958. The number of thiocarbonyl (C=S) groups is 1. The molecule has 3 fully saturated rings. The van der Waals surface area contributed by atoms with E-state index < -0.39 is 5.54 Å². The van der Waals surface area contributed by atoms with E-state index >= 15 is 0 Å². The molecule has 3 heterocycles. The summed E-state index contributed by atoms with van der Waals surface area (Å²) < 4.78 is 16.3. The third-order valence-electron chi connectivity index (χ3n) is 6.03. The summed E-state index contributed by atoms with van der Waals surface area (Å²) in [4.78, 5) is 2.67. The molecule has 0 aromatic heterocycles. The molecule has 0 unspecified atom stereocenters. The third-order valence-corrected chi connectivity index (χ3v) is 6.27. The van der Waals surface area contributed by atoms with Crippen molar-refractivity contribution in [2.75, 3.05) is 131 Å². The normalized spacial score (nSPS) is 25.0. The number of fused-ring (bicyclic) bond motifs is 15. The molecule has 0 spiro atoms. The molecule has 16 heteroatoms. The number of azide groups is 1. The Hall–Kier alpha value is -0.594. The fourth-order valence-electron chi connectivity index (χ4n) is 3.98. The Morgan fingerprint density at radius 2 is 1.20 bits per heavy atom. The van der Waals surface area contributed by atoms with Crippen LogP contribution < -0.4 is 10.6 Å². The Balaban J connectivity index is -0.00000160. The quantitative estimate of drug-likeness (QED) is 0.0815. The monoisotopic (exact) mass is 599 g/mol. The van der Waals surface area contributed by atoms with E-state index in [0.717, 1.165) is 19.6 Å². The van der Waals surface area contributed by atoms with Gasteiger partial charge in [-0.05, 0) is 23.3 Å². The number of nitrogens with one attached hydrogen (secondary N) is 2. The first-order valence-corrected chi connectivity index (χ1v) is 14.1. The maximum atomic E-state index is 8.20. The largest absolute Gasteiger partial charge is 2.00 e. The maximum Gasteiger partial charge on any atom is 2.00 e. The second-order valence-electron chi connectivity index (χ2n) is 9.90. The molecule has 3 aliphatic heterocycles. The van der Waals surface area contributed by atoms with E-state index in [0.29, 0.717) is 117 Å². The molecule has 2 N–H and O–H groups in total. The van der Waals surface area contributed by atoms with Crippen molar-refractivity contribution in [3.63, 3.8) is 0 Å². The van der Waals surface area contributed by atoms with Crippen molar-refractivity contribution in [2.45, 2.75) is 12.5 Å². The summed E-state index contributed by atoms with van der Waals surface area (Å²) in [5.41, 5.74) is 7.66. The van der Waals surface area contributed by atoms with Crippen molar-refractivity contribution in [3.8, 4) is 0 Å². The molecule has 0 atom stereocenters. The van der Waals surface area contributed by atoms with Crippen LogP contribution in [-0.2, 0) is 14.2 Å². The molecule has 3 rings (SSSR count). The van der Waals surface area contributed by atoms with Gasteiger partial charge >= 0.3 is 23.1 Å². The zero-order valence-corrected chi connectivity index (χ0v) is 26.2. The van der Waals surface area contributed by atoms with Gasteiger partial charge in [0.25, 0.3) is 0 Å². The summed E-state index contributed by atoms with van der Waals surface area (Å²) in [5.74, 6) is 0. The van der Waals surface area contributed by atoms with E-state index in [1.807, 2.05) is 0 Å². The van der Waals surface area contributed by atoms with Gasteiger partial charge in [0.1, 0.15) is 0 Å². The van der Waals surface area contributed by atoms with E-state index in [4.69, 9.17) is 63.9 Å². The van der Waals surface area contributed by atoms with Crippen LogP contribution in [0.25, 0.3) is 42.3 Å². The molecule has 0 amide bonds. The van der Waals surface area contributed by atoms with Gasteiger partial charge in [0, 0.05) is 23.7 Å². The van der Waals surface area contributed by atoms with Gasteiger partial charge in [-0.3, -0.25) is 0 Å². The molecule has 234 valence electrons. The molecule has 0 aliphatic carbocycles. The molecule has 3 aliphatic rings. The summed E-state index contributed by atoms with van der Waals surface area (Å²) in [5, 5.41) is 39.3. The first-order valence-electron chi connectivity index (χ1n) is 13.7. The molecule has 40 heavy (non-hydrogen) atoms. The van der Waals surface area contributed by atoms with Crippen molar-refractivity contribution in [2.24, 2.45) is 10.5 Å². The van der Waals surface area contributed by atoms with Gasteiger partial charge in [-0.2, -0.15) is 39.3 Å². The molecule has 0 saturated carbocycles. The van der Waals surface area contributed by atoms with Crippen LogP contribution in [0.5, 0.6) is 0 Å². The SMILES string of the molecule is CC12C[N-]CC[N-]CC(NC(=S)NCCOCCOCCOCCN=[N+]=[N-])(C[N-]CC[N-]C1)C[N-]CC[N-]C2.[HH].[HH].[HH].[HH].[Mg+2]. The van der Waals surface area contributed by atoms with Crippen LogP contribution >= 0.6 is 12.2 Å². The standard InChI is InChI=1S/C24H45N11O3S.Mg.4H2/c1-23-16-26-2-5-29-19-24(20-30-6-3-27-17-23,21-31-7-4-28-18-23)34-22(39)32-8-10-36-12-14-38-15-13-37-11-9-33-35-25;;;;;/h2-21H2,1H3,(H2,32,34,39);;4*1H/q-6;+2;;;;. The minimum atomic E-state index is -0.495. The Morgan fingerprint density at radius 3 is 1.68 bits per heavy atom. The van der Waals surface area contributed by atoms with Gasteiger partial charge in [0.15, 0.2) is 5.11 Å². The van der Waals surface area contributed by atoms with E-state index in [2.05, 4.69) is 27.6 Å². The number of rotatable bonds is 13. The first kappa shape index (κ1) is 37.4. The smallest absolute Gasteiger partial charge is 0.663 e. The van der Waals surface area contributed by atoms with Crippen LogP contribution in [0.15, 0.2) is 5.11 Å². The molecule has 0 aromatic rings. The number of hydrogen-bond acceptors (Lipinski definition) is 5. The Morgan fingerprint density at radius 1 is 0.775 bits per heavy atom. The average molecular weight is 600 g/mol. The topological polar surface area (TPSA) is 185 Å². The summed E-state index contributed by atoms with van der Waals surface area (Å²) in [6, 6.07) is 0. The van der Waals surface area contributed by atoms with Crippen molar-refractivity contribution in [1.82, 2.24) is 10.6 Å². The van der Waals surface area contributed by atoms with Crippen LogP contribution in [0, 0.1) is 5.41 Å². The first-order chi connectivity index (χ1) is 19.1. The predicted octanol–water partition coefficient (Wildman–Crippen LogP) is 3.43. The van der Waals surface area contributed by atoms with E-state index in [1.165, 1.54) is 0 Å². The van der Waals surface area contributed by atoms with Crippen LogP contribution in [0.1, 0.15) is 12.6 Å². The molecule has 2 bridgehead atoms. The average Bonchev–Trinajstić information content (AvgIpc) is 2.92. The van der Waals surface area contributed by atoms with E-state index in [-0.39, 0.29) is 34.2 Å². The van der Waals surface area contributed by atoms with Gasteiger partial charge in [-0.15, -0.1) is 39.3 Å². The maximum absolute atomic E-state index is 8.20. The van der Waals surface area contributed by atoms with Gasteiger partial charge in [-0.1, -0.05) is 17.5 Å². The Bertz CT molecular complexity index is 683. The molecule has 0 aromatic carbocycles. The van der Waals surface area contributed by atoms with Crippen LogP contribution in [0.4, 0.5) is 0 Å². The van der Waals surface area contributed by atoms with Crippen molar-refractivity contribution in [3.05, 3.63) is 42.3 Å². The van der Waals surface area contributed by atoms with Gasteiger partial charge < -0.3 is 56.7 Å². The molecule has 3 saturated heterocycles. The molecule has 14 nitrogen and oxygen atoms in total. The van der Waals surface area contributed by atoms with Gasteiger partial charge in [-0.25, -0.2) is 0 Å². The third kappa shape index (κ3) is 18.1. The van der Waals surface area contributed by atoms with Crippen molar-refractivity contribution < 1.29 is 19.9 Å². The zero-order chi connectivity index (χ0) is 27.9. The molecule has 0 radical (unpaired) electrons. The number of nitrogens with zero attached hydrogens (tertiary/aromatic N) is 9. The number of ether oxygens (including phenoxy) is 3. The minimum Gasteiger partial charge on any atom is -0.663 e. The Labute approximate surface area is 267 Å². The van der Waals surface area contributed by atoms with Crippen molar-refractivity contribution >= 4 is 40.4 Å². The second-order valence-corrected chi connectivity index (χ2v) is 10.3. The van der Waals surface area contributed by atoms with Crippen LogP contribution in [-0.4, -0.2) is 165 Å². The summed E-state index contributed by atoms with van der Waals surface area (Å²) in [6.07, 6.45) is 0. The summed E-state index contributed by atoms with van der Waals surface area (Å²) in [6.45, 7) is 13.7. The van der Waals surface area contributed by atoms with Crippen LogP contribution in [0.3, 0.4) is 0 Å². The van der Waals surface area contributed by atoms with Crippen LogP contribution in [0.2, 0.25) is 0 Å². The number of hydrogen-bond donors (Lipinski definition) is 2. The Kier molecular flexibility index (Phi) is 22.4. The summed E-state index contributed by atoms with van der Waals surface area (Å²) in [7, 11) is 0. The van der Waals surface area contributed by atoms with E-state index in [9.17, 15) is 0 Å². The predicted molar refractivity (Wildman–Crippen MR) is 174 cm³/mol. The second kappa shape index (κ2) is 23.9. The minimum absolute atomic E-state index is 0. The van der Waals surface area contributed by atoms with Gasteiger partial charge in [0.2, 0.25) is 0 Å².